The lowest BCUT2D eigenvalue weighted by Gasteiger charge is -2.08. The Bertz CT molecular complexity index is 711. The molecule has 0 aliphatic rings. The van der Waals surface area contributed by atoms with Crippen molar-refractivity contribution in [2.45, 2.75) is 6.92 Å². The number of nitrogens with one attached hydrogen (secondary N) is 2. The normalized spacial score (nSPS) is 10.5. The van der Waals surface area contributed by atoms with E-state index in [-0.39, 0.29) is 11.0 Å². The Morgan fingerprint density at radius 3 is 2.59 bits per heavy atom. The lowest BCUT2D eigenvalue weighted by Crippen LogP contribution is -2.32. The highest BCUT2D eigenvalue weighted by Gasteiger charge is 2.01. The first-order valence-electron chi connectivity index (χ1n) is 6.65. The minimum absolute atomic E-state index is 0.261. The van der Waals surface area contributed by atoms with Crippen LogP contribution in [0.1, 0.15) is 11.1 Å². The van der Waals surface area contributed by atoms with Gasteiger partial charge in [-0.25, -0.2) is 0 Å². The Morgan fingerprint density at radius 1 is 1.18 bits per heavy atom. The molecule has 0 saturated heterocycles. The maximum absolute atomic E-state index is 11.8. The highest BCUT2D eigenvalue weighted by atomic mass is 79.9. The third-order valence-corrected chi connectivity index (χ3v) is 3.52. The number of halogens is 1. The summed E-state index contributed by atoms with van der Waals surface area (Å²) < 4.78 is 0.936. The van der Waals surface area contributed by atoms with Gasteiger partial charge in [-0.05, 0) is 49.0 Å². The zero-order chi connectivity index (χ0) is 15.9. The fourth-order valence-electron chi connectivity index (χ4n) is 1.73. The number of aryl methyl sites for hydroxylation is 1. The van der Waals surface area contributed by atoms with Gasteiger partial charge in [-0.2, -0.15) is 0 Å². The van der Waals surface area contributed by atoms with E-state index in [9.17, 15) is 4.79 Å². The Hall–Kier alpha value is -1.98. The molecule has 0 aromatic heterocycles. The Labute approximate surface area is 143 Å². The minimum Gasteiger partial charge on any atom is -0.332 e. The quantitative estimate of drug-likeness (QED) is 0.621. The molecule has 0 atom stereocenters. The molecule has 22 heavy (non-hydrogen) atoms. The summed E-state index contributed by atoms with van der Waals surface area (Å²) in [6, 6.07) is 15.4. The van der Waals surface area contributed by atoms with E-state index in [0.717, 1.165) is 15.7 Å². The number of hydrogen-bond donors (Lipinski definition) is 2. The van der Waals surface area contributed by atoms with Gasteiger partial charge in [-0.3, -0.25) is 10.1 Å². The predicted molar refractivity (Wildman–Crippen MR) is 98.7 cm³/mol. The van der Waals surface area contributed by atoms with Gasteiger partial charge in [0.2, 0.25) is 5.91 Å². The molecule has 0 heterocycles. The molecule has 112 valence electrons. The van der Waals surface area contributed by atoms with Gasteiger partial charge >= 0.3 is 0 Å². The second-order valence-corrected chi connectivity index (χ2v) is 6.02. The second kappa shape index (κ2) is 7.87. The lowest BCUT2D eigenvalue weighted by molar-refractivity contribution is -0.115. The first kappa shape index (κ1) is 16.4. The largest absolute Gasteiger partial charge is 0.332 e. The monoisotopic (exact) mass is 374 g/mol. The van der Waals surface area contributed by atoms with Gasteiger partial charge in [-0.15, -0.1) is 0 Å². The van der Waals surface area contributed by atoms with Crippen LogP contribution in [0.25, 0.3) is 6.08 Å². The molecule has 0 radical (unpaired) electrons. The van der Waals surface area contributed by atoms with Crippen molar-refractivity contribution in [3.63, 3.8) is 0 Å². The molecule has 0 spiro atoms. The van der Waals surface area contributed by atoms with Crippen molar-refractivity contribution in [2.24, 2.45) is 0 Å². The summed E-state index contributed by atoms with van der Waals surface area (Å²) in [6.07, 6.45) is 3.20. The van der Waals surface area contributed by atoms with Gasteiger partial charge in [0.1, 0.15) is 0 Å². The molecular formula is C17H15BrN2OS. The Morgan fingerprint density at radius 2 is 1.91 bits per heavy atom. The van der Waals surface area contributed by atoms with Crippen LogP contribution in [0.4, 0.5) is 5.69 Å². The predicted octanol–water partition coefficient (Wildman–Crippen LogP) is 4.28. The third-order valence-electron chi connectivity index (χ3n) is 2.82. The first-order chi connectivity index (χ1) is 10.5. The molecule has 0 fully saturated rings. The Balaban J connectivity index is 1.88. The molecule has 0 saturated carbocycles. The fourth-order valence-corrected chi connectivity index (χ4v) is 2.35. The molecule has 2 rings (SSSR count). The summed E-state index contributed by atoms with van der Waals surface area (Å²) in [7, 11) is 0. The van der Waals surface area contributed by atoms with Crippen molar-refractivity contribution < 1.29 is 4.79 Å². The van der Waals surface area contributed by atoms with Crippen LogP contribution in [0.2, 0.25) is 0 Å². The number of benzene rings is 2. The summed E-state index contributed by atoms with van der Waals surface area (Å²) in [4.78, 5) is 11.8. The highest BCUT2D eigenvalue weighted by molar-refractivity contribution is 9.10. The molecule has 0 bridgehead atoms. The van der Waals surface area contributed by atoms with E-state index in [1.165, 1.54) is 11.6 Å². The molecule has 1 amide bonds. The number of carbonyl (C=O) groups excluding carboxylic acids is 1. The van der Waals surface area contributed by atoms with E-state index in [2.05, 4.69) is 26.6 Å². The molecule has 3 nitrogen and oxygen atoms in total. The van der Waals surface area contributed by atoms with Crippen LogP contribution >= 0.6 is 28.1 Å². The molecule has 0 unspecified atom stereocenters. The molecule has 2 N–H and O–H groups in total. The average Bonchev–Trinajstić information content (AvgIpc) is 2.46. The molecule has 5 heteroatoms. The SMILES string of the molecule is Cc1ccc(/C=C/C(=O)NC(=S)Nc2cccc(Br)c2)cc1. The standard InChI is InChI=1S/C17H15BrN2OS/c1-12-5-7-13(8-6-12)9-10-16(21)20-17(22)19-15-4-2-3-14(18)11-15/h2-11H,1H3,(H2,19,20,21,22)/b10-9+. The summed E-state index contributed by atoms with van der Waals surface area (Å²) in [5.41, 5.74) is 2.95. The smallest absolute Gasteiger partial charge is 0.250 e. The van der Waals surface area contributed by atoms with Gasteiger partial charge in [0.25, 0.3) is 0 Å². The molecule has 0 aliphatic heterocycles. The van der Waals surface area contributed by atoms with Crippen molar-refractivity contribution in [1.82, 2.24) is 5.32 Å². The summed E-state index contributed by atoms with van der Waals surface area (Å²) in [6.45, 7) is 2.02. The number of amides is 1. The number of rotatable bonds is 3. The molecule has 2 aromatic rings. The number of carbonyl (C=O) groups is 1. The van der Waals surface area contributed by atoms with Crippen molar-refractivity contribution in [2.75, 3.05) is 5.32 Å². The zero-order valence-corrected chi connectivity index (χ0v) is 14.4. The van der Waals surface area contributed by atoms with Crippen LogP contribution in [-0.4, -0.2) is 11.0 Å². The summed E-state index contributed by atoms with van der Waals surface area (Å²) in [5.74, 6) is -0.270. The molecule has 2 aromatic carbocycles. The van der Waals surface area contributed by atoms with Crippen LogP contribution in [0.15, 0.2) is 59.1 Å². The number of anilines is 1. The lowest BCUT2D eigenvalue weighted by atomic mass is 10.1. The number of hydrogen-bond acceptors (Lipinski definition) is 2. The highest BCUT2D eigenvalue weighted by Crippen LogP contribution is 2.15. The molecular weight excluding hydrogens is 360 g/mol. The summed E-state index contributed by atoms with van der Waals surface area (Å²) in [5, 5.41) is 5.82. The van der Waals surface area contributed by atoms with Crippen molar-refractivity contribution in [3.05, 3.63) is 70.2 Å². The average molecular weight is 375 g/mol. The van der Waals surface area contributed by atoms with Crippen molar-refractivity contribution >= 4 is 50.9 Å². The van der Waals surface area contributed by atoms with E-state index in [1.54, 1.807) is 6.08 Å². The van der Waals surface area contributed by atoms with E-state index < -0.39 is 0 Å². The maximum atomic E-state index is 11.8. The van der Waals surface area contributed by atoms with Gasteiger partial charge in [-0.1, -0.05) is 51.8 Å². The third kappa shape index (κ3) is 5.42. The van der Waals surface area contributed by atoms with Crippen LogP contribution in [0.5, 0.6) is 0 Å². The summed E-state index contributed by atoms with van der Waals surface area (Å²) >= 11 is 8.49. The maximum Gasteiger partial charge on any atom is 0.250 e. The minimum atomic E-state index is -0.270. The topological polar surface area (TPSA) is 41.1 Å². The van der Waals surface area contributed by atoms with Gasteiger partial charge in [0.05, 0.1) is 0 Å². The Kier molecular flexibility index (Phi) is 5.86. The van der Waals surface area contributed by atoms with Crippen molar-refractivity contribution in [3.8, 4) is 0 Å². The second-order valence-electron chi connectivity index (χ2n) is 4.70. The van der Waals surface area contributed by atoms with Crippen molar-refractivity contribution in [1.29, 1.82) is 0 Å². The van der Waals surface area contributed by atoms with Crippen LogP contribution in [-0.2, 0) is 4.79 Å². The fraction of sp³-hybridized carbons (Fsp3) is 0.0588. The van der Waals surface area contributed by atoms with Gasteiger partial charge < -0.3 is 5.32 Å². The van der Waals surface area contributed by atoms with Crippen LogP contribution in [0, 0.1) is 6.92 Å². The molecule has 0 aliphatic carbocycles. The van der Waals surface area contributed by atoms with E-state index in [1.807, 2.05) is 55.5 Å². The number of thiocarbonyl (C=S) groups is 1. The van der Waals surface area contributed by atoms with E-state index in [0.29, 0.717) is 0 Å². The van der Waals surface area contributed by atoms with E-state index in [4.69, 9.17) is 12.2 Å². The van der Waals surface area contributed by atoms with Crippen LogP contribution < -0.4 is 10.6 Å². The van der Waals surface area contributed by atoms with E-state index >= 15 is 0 Å². The first-order valence-corrected chi connectivity index (χ1v) is 7.85. The van der Waals surface area contributed by atoms with Gasteiger partial charge in [0.15, 0.2) is 5.11 Å². The van der Waals surface area contributed by atoms with Gasteiger partial charge in [0, 0.05) is 16.2 Å². The zero-order valence-electron chi connectivity index (χ0n) is 12.0. The van der Waals surface area contributed by atoms with Crippen LogP contribution in [0.3, 0.4) is 0 Å².